The fourth-order valence-electron chi connectivity index (χ4n) is 1.62. The predicted octanol–water partition coefficient (Wildman–Crippen LogP) is -0.0244. The van der Waals surface area contributed by atoms with Crippen molar-refractivity contribution in [1.29, 1.82) is 0 Å². The molecule has 0 aliphatic carbocycles. The van der Waals surface area contributed by atoms with Gasteiger partial charge in [0.25, 0.3) is 0 Å². The molecule has 1 saturated heterocycles. The third kappa shape index (κ3) is 3.15. The minimum atomic E-state index is -3.56. The first-order valence-electron chi connectivity index (χ1n) is 5.78. The molecule has 100 valence electrons. The van der Waals surface area contributed by atoms with Gasteiger partial charge in [-0.05, 0) is 13.3 Å². The van der Waals surface area contributed by atoms with Gasteiger partial charge < -0.3 is 10.1 Å². The fraction of sp³-hybridized carbons (Fsp3) is 0.600. The summed E-state index contributed by atoms with van der Waals surface area (Å²) in [7, 11) is -3.56. The summed E-state index contributed by atoms with van der Waals surface area (Å²) in [6, 6.07) is -0.163. The number of ether oxygens (including phenoxy) is 1. The molecular weight excluding hydrogens is 256 g/mol. The van der Waals surface area contributed by atoms with Crippen LogP contribution < -0.4 is 10.0 Å². The number of nitrogens with one attached hydrogen (secondary N) is 2. The maximum atomic E-state index is 12.0. The van der Waals surface area contributed by atoms with Gasteiger partial charge >= 0.3 is 0 Å². The van der Waals surface area contributed by atoms with E-state index in [0.29, 0.717) is 32.1 Å². The minimum absolute atomic E-state index is 0.0658. The Bertz CT molecular complexity index is 482. The number of anilines is 1. The van der Waals surface area contributed by atoms with Gasteiger partial charge in [-0.15, -0.1) is 0 Å². The van der Waals surface area contributed by atoms with E-state index in [2.05, 4.69) is 20.0 Å². The molecule has 0 radical (unpaired) electrons. The van der Waals surface area contributed by atoms with Crippen LogP contribution in [-0.2, 0) is 14.8 Å². The first-order valence-corrected chi connectivity index (χ1v) is 7.26. The van der Waals surface area contributed by atoms with Gasteiger partial charge in [0.05, 0.1) is 19.0 Å². The molecule has 1 unspecified atom stereocenters. The molecule has 0 aromatic carbocycles. The van der Waals surface area contributed by atoms with Crippen LogP contribution in [0.2, 0.25) is 0 Å². The SMILES string of the molecule is CCNc1ncc(S(=O)(=O)NC2CCOC2)cn1. The van der Waals surface area contributed by atoms with Crippen LogP contribution in [0.25, 0.3) is 0 Å². The number of hydrogen-bond donors (Lipinski definition) is 2. The molecule has 2 rings (SSSR count). The molecule has 0 saturated carbocycles. The van der Waals surface area contributed by atoms with E-state index in [0.717, 1.165) is 0 Å². The summed E-state index contributed by atoms with van der Waals surface area (Å²) in [4.78, 5) is 7.94. The molecule has 1 aliphatic heterocycles. The van der Waals surface area contributed by atoms with Crippen LogP contribution in [0.3, 0.4) is 0 Å². The van der Waals surface area contributed by atoms with Crippen molar-refractivity contribution in [3.05, 3.63) is 12.4 Å². The average Bonchev–Trinajstić information content (AvgIpc) is 2.82. The zero-order valence-electron chi connectivity index (χ0n) is 10.1. The second-order valence-electron chi connectivity index (χ2n) is 3.95. The lowest BCUT2D eigenvalue weighted by Gasteiger charge is -2.11. The summed E-state index contributed by atoms with van der Waals surface area (Å²) < 4.78 is 31.7. The highest BCUT2D eigenvalue weighted by molar-refractivity contribution is 7.89. The molecule has 1 fully saturated rings. The second-order valence-corrected chi connectivity index (χ2v) is 5.67. The number of aromatic nitrogens is 2. The van der Waals surface area contributed by atoms with Crippen LogP contribution in [0, 0.1) is 0 Å². The Morgan fingerprint density at radius 1 is 1.44 bits per heavy atom. The highest BCUT2D eigenvalue weighted by Crippen LogP contribution is 2.11. The lowest BCUT2D eigenvalue weighted by molar-refractivity contribution is 0.192. The molecule has 2 heterocycles. The van der Waals surface area contributed by atoms with E-state index >= 15 is 0 Å². The Hall–Kier alpha value is -1.25. The van der Waals surface area contributed by atoms with Crippen molar-refractivity contribution >= 4 is 16.0 Å². The lowest BCUT2D eigenvalue weighted by Crippen LogP contribution is -2.35. The Morgan fingerprint density at radius 2 is 2.17 bits per heavy atom. The Balaban J connectivity index is 2.08. The van der Waals surface area contributed by atoms with Crippen molar-refractivity contribution in [2.75, 3.05) is 25.1 Å². The molecule has 0 amide bonds. The molecule has 8 heteroatoms. The van der Waals surface area contributed by atoms with E-state index in [-0.39, 0.29) is 10.9 Å². The van der Waals surface area contributed by atoms with Gasteiger partial charge in [-0.1, -0.05) is 0 Å². The highest BCUT2D eigenvalue weighted by atomic mass is 32.2. The van der Waals surface area contributed by atoms with Crippen LogP contribution in [0.1, 0.15) is 13.3 Å². The number of rotatable bonds is 5. The van der Waals surface area contributed by atoms with Crippen molar-refractivity contribution in [2.24, 2.45) is 0 Å². The Labute approximate surface area is 106 Å². The van der Waals surface area contributed by atoms with Crippen molar-refractivity contribution in [3.8, 4) is 0 Å². The van der Waals surface area contributed by atoms with Crippen LogP contribution >= 0.6 is 0 Å². The topological polar surface area (TPSA) is 93.2 Å². The van der Waals surface area contributed by atoms with E-state index in [1.807, 2.05) is 6.92 Å². The minimum Gasteiger partial charge on any atom is -0.380 e. The van der Waals surface area contributed by atoms with Crippen molar-refractivity contribution in [3.63, 3.8) is 0 Å². The zero-order valence-corrected chi connectivity index (χ0v) is 10.9. The molecule has 18 heavy (non-hydrogen) atoms. The summed E-state index contributed by atoms with van der Waals surface area (Å²) >= 11 is 0. The Kier molecular flexibility index (Phi) is 4.10. The summed E-state index contributed by atoms with van der Waals surface area (Å²) in [5.74, 6) is 0.417. The van der Waals surface area contributed by atoms with Crippen LogP contribution in [0.5, 0.6) is 0 Å². The molecular formula is C10H16N4O3S. The van der Waals surface area contributed by atoms with E-state index < -0.39 is 10.0 Å². The highest BCUT2D eigenvalue weighted by Gasteiger charge is 2.23. The van der Waals surface area contributed by atoms with Gasteiger partial charge in [0.15, 0.2) is 0 Å². The van der Waals surface area contributed by atoms with Gasteiger partial charge in [0.2, 0.25) is 16.0 Å². The van der Waals surface area contributed by atoms with Crippen molar-refractivity contribution in [1.82, 2.24) is 14.7 Å². The van der Waals surface area contributed by atoms with Crippen LogP contribution in [0.4, 0.5) is 5.95 Å². The third-order valence-electron chi connectivity index (χ3n) is 2.52. The van der Waals surface area contributed by atoms with Gasteiger partial charge in [0, 0.05) is 19.2 Å². The summed E-state index contributed by atoms with van der Waals surface area (Å²) in [6.07, 6.45) is 3.28. The summed E-state index contributed by atoms with van der Waals surface area (Å²) in [6.45, 7) is 3.60. The van der Waals surface area contributed by atoms with E-state index in [9.17, 15) is 8.42 Å². The number of nitrogens with zero attached hydrogens (tertiary/aromatic N) is 2. The van der Waals surface area contributed by atoms with Crippen molar-refractivity contribution in [2.45, 2.75) is 24.3 Å². The molecule has 0 spiro atoms. The third-order valence-corrected chi connectivity index (χ3v) is 4.00. The zero-order chi connectivity index (χ0) is 13.0. The fourth-order valence-corrected chi connectivity index (χ4v) is 2.76. The van der Waals surface area contributed by atoms with E-state index in [4.69, 9.17) is 4.74 Å². The molecule has 1 atom stereocenters. The van der Waals surface area contributed by atoms with Crippen LogP contribution in [0.15, 0.2) is 17.3 Å². The standard InChI is InChI=1S/C10H16N4O3S/c1-2-11-10-12-5-9(6-13-10)18(15,16)14-8-3-4-17-7-8/h5-6,8,14H,2-4,7H2,1H3,(H,11,12,13). The van der Waals surface area contributed by atoms with E-state index in [1.54, 1.807) is 0 Å². The summed E-state index contributed by atoms with van der Waals surface area (Å²) in [5, 5.41) is 2.90. The molecule has 0 bridgehead atoms. The largest absolute Gasteiger partial charge is 0.380 e. The summed E-state index contributed by atoms with van der Waals surface area (Å²) in [5.41, 5.74) is 0. The average molecular weight is 272 g/mol. The van der Waals surface area contributed by atoms with Gasteiger partial charge in [-0.25, -0.2) is 23.1 Å². The molecule has 2 N–H and O–H groups in total. The smallest absolute Gasteiger partial charge is 0.243 e. The maximum Gasteiger partial charge on any atom is 0.243 e. The number of hydrogen-bond acceptors (Lipinski definition) is 6. The first-order chi connectivity index (χ1) is 8.62. The normalized spacial score (nSPS) is 19.9. The van der Waals surface area contributed by atoms with Crippen molar-refractivity contribution < 1.29 is 13.2 Å². The van der Waals surface area contributed by atoms with Gasteiger partial charge in [-0.2, -0.15) is 0 Å². The number of sulfonamides is 1. The van der Waals surface area contributed by atoms with Gasteiger partial charge in [0.1, 0.15) is 4.90 Å². The molecule has 7 nitrogen and oxygen atoms in total. The lowest BCUT2D eigenvalue weighted by atomic mass is 10.3. The van der Waals surface area contributed by atoms with E-state index in [1.165, 1.54) is 12.4 Å². The van der Waals surface area contributed by atoms with Crippen LogP contribution in [-0.4, -0.2) is 44.2 Å². The van der Waals surface area contributed by atoms with Gasteiger partial charge in [-0.3, -0.25) is 0 Å². The molecule has 1 aromatic heterocycles. The first kappa shape index (κ1) is 13.2. The monoisotopic (exact) mass is 272 g/mol. The molecule has 1 aromatic rings. The molecule has 1 aliphatic rings. The predicted molar refractivity (Wildman–Crippen MR) is 65.7 cm³/mol. The Morgan fingerprint density at radius 3 is 2.72 bits per heavy atom. The second kappa shape index (κ2) is 5.59. The quantitative estimate of drug-likeness (QED) is 0.782. The maximum absolute atomic E-state index is 12.0.